The number of aliphatic hydroxyl groups is 2. The second-order valence-electron chi connectivity index (χ2n) is 10.5. The number of aromatic amines is 1. The number of hydrogen-bond acceptors (Lipinski definition) is 5. The molecule has 1 aliphatic heterocycles. The van der Waals surface area contributed by atoms with Crippen molar-refractivity contribution in [2.75, 3.05) is 26.2 Å². The molecular weight excluding hydrogens is 488 g/mol. The largest absolute Gasteiger partial charge is 0.490 e. The number of benzene rings is 4. The number of likely N-dealkylation sites (tertiary alicyclic amines) is 1. The van der Waals surface area contributed by atoms with Gasteiger partial charge in [0.2, 0.25) is 0 Å². The van der Waals surface area contributed by atoms with E-state index in [4.69, 9.17) is 9.47 Å². The molecule has 6 rings (SSSR count). The highest BCUT2D eigenvalue weighted by molar-refractivity contribution is 5.86. The maximum Gasteiger partial charge on any atom is 0.128 e. The van der Waals surface area contributed by atoms with Gasteiger partial charge in [0.05, 0.1) is 5.60 Å². The first-order valence-electron chi connectivity index (χ1n) is 13.6. The van der Waals surface area contributed by atoms with Gasteiger partial charge >= 0.3 is 0 Å². The highest BCUT2D eigenvalue weighted by Gasteiger charge is 2.34. The van der Waals surface area contributed by atoms with Gasteiger partial charge in [0.15, 0.2) is 0 Å². The molecule has 1 saturated heterocycles. The molecule has 200 valence electrons. The summed E-state index contributed by atoms with van der Waals surface area (Å²) in [4.78, 5) is 5.38. The summed E-state index contributed by atoms with van der Waals surface area (Å²) in [7, 11) is 0. The van der Waals surface area contributed by atoms with Gasteiger partial charge in [-0.15, -0.1) is 0 Å². The molecule has 39 heavy (non-hydrogen) atoms. The number of hydrogen-bond donors (Lipinski definition) is 3. The first-order chi connectivity index (χ1) is 19.1. The van der Waals surface area contributed by atoms with E-state index in [1.165, 1.54) is 0 Å². The third-order valence-electron chi connectivity index (χ3n) is 7.74. The number of nitrogens with one attached hydrogen (secondary N) is 1. The van der Waals surface area contributed by atoms with Gasteiger partial charge in [-0.25, -0.2) is 0 Å². The lowest BCUT2D eigenvalue weighted by Crippen LogP contribution is -2.46. The molecule has 1 atom stereocenters. The Labute approximate surface area is 228 Å². The summed E-state index contributed by atoms with van der Waals surface area (Å²) in [6.07, 6.45) is 2.52. The number of ether oxygens (including phenoxy) is 2. The van der Waals surface area contributed by atoms with Gasteiger partial charge in [-0.3, -0.25) is 0 Å². The molecule has 4 aromatic carbocycles. The predicted molar refractivity (Wildman–Crippen MR) is 154 cm³/mol. The van der Waals surface area contributed by atoms with Gasteiger partial charge in [0.1, 0.15) is 30.8 Å². The summed E-state index contributed by atoms with van der Waals surface area (Å²) in [5.41, 5.74) is 2.22. The van der Waals surface area contributed by atoms with Crippen molar-refractivity contribution < 1.29 is 19.7 Å². The Balaban J connectivity index is 1.03. The predicted octanol–water partition coefficient (Wildman–Crippen LogP) is 5.62. The summed E-state index contributed by atoms with van der Waals surface area (Å²) in [5.74, 6) is 1.60. The molecule has 0 spiro atoms. The lowest BCUT2D eigenvalue weighted by molar-refractivity contribution is -0.0371. The van der Waals surface area contributed by atoms with E-state index in [-0.39, 0.29) is 6.61 Å². The topological polar surface area (TPSA) is 78.0 Å². The van der Waals surface area contributed by atoms with E-state index in [0.717, 1.165) is 44.3 Å². The van der Waals surface area contributed by atoms with E-state index in [1.807, 2.05) is 60.8 Å². The molecule has 5 aromatic rings. The van der Waals surface area contributed by atoms with E-state index in [1.54, 1.807) is 0 Å². The van der Waals surface area contributed by atoms with Gasteiger partial charge in [0, 0.05) is 36.7 Å². The fraction of sp³-hybridized carbons (Fsp3) is 0.273. The summed E-state index contributed by atoms with van der Waals surface area (Å²) < 4.78 is 11.9. The summed E-state index contributed by atoms with van der Waals surface area (Å²) in [5, 5.41) is 25.3. The highest BCUT2D eigenvalue weighted by Crippen LogP contribution is 2.35. The maximum atomic E-state index is 11.5. The van der Waals surface area contributed by atoms with Crippen LogP contribution in [0.3, 0.4) is 0 Å². The Kier molecular flexibility index (Phi) is 7.24. The second-order valence-corrected chi connectivity index (χ2v) is 10.5. The van der Waals surface area contributed by atoms with Crippen LogP contribution < -0.4 is 9.47 Å². The van der Waals surface area contributed by atoms with Crippen molar-refractivity contribution in [2.45, 2.75) is 31.2 Å². The Hall–Kier alpha value is -3.84. The minimum atomic E-state index is -0.876. The van der Waals surface area contributed by atoms with Crippen LogP contribution in [0, 0.1) is 0 Å². The number of β-amino-alcohol motifs (C(OH)–C–C–N with tert-alkyl or cyclic N) is 1. The normalized spacial score (nSPS) is 16.4. The molecule has 0 radical (unpaired) electrons. The molecule has 3 N–H and O–H groups in total. The van der Waals surface area contributed by atoms with Crippen LogP contribution in [0.4, 0.5) is 0 Å². The van der Waals surface area contributed by atoms with Crippen molar-refractivity contribution in [3.63, 3.8) is 0 Å². The zero-order valence-corrected chi connectivity index (χ0v) is 21.9. The van der Waals surface area contributed by atoms with Crippen molar-refractivity contribution in [1.29, 1.82) is 0 Å². The number of rotatable bonds is 9. The molecule has 2 heterocycles. The zero-order valence-electron chi connectivity index (χ0n) is 21.9. The van der Waals surface area contributed by atoms with Gasteiger partial charge in [0.25, 0.3) is 0 Å². The molecule has 1 aromatic heterocycles. The second kappa shape index (κ2) is 11.1. The monoisotopic (exact) mass is 522 g/mol. The van der Waals surface area contributed by atoms with Gasteiger partial charge in [-0.05, 0) is 71.1 Å². The van der Waals surface area contributed by atoms with E-state index >= 15 is 0 Å². The van der Waals surface area contributed by atoms with E-state index in [9.17, 15) is 10.2 Å². The minimum Gasteiger partial charge on any atom is -0.490 e. The number of aromatic nitrogens is 1. The Morgan fingerprint density at radius 3 is 2.49 bits per heavy atom. The standard InChI is InChI=1S/C33H34N2O4/c36-28(23-39-32-8-4-7-31-30(32)13-16-34-31)21-35-17-14-33(37,15-18-35)27-11-9-26-20-29(12-10-25(26)19-27)38-22-24-5-2-1-3-6-24/h1-13,16,19-20,28,34,36-37H,14-15,17-18,21-23H2/t28-/m0/s1. The Bertz CT molecular complexity index is 1540. The molecule has 0 aliphatic carbocycles. The zero-order chi connectivity index (χ0) is 26.7. The summed E-state index contributed by atoms with van der Waals surface area (Å²) in [6.45, 7) is 2.70. The lowest BCUT2D eigenvalue weighted by Gasteiger charge is -2.39. The quantitative estimate of drug-likeness (QED) is 0.234. The van der Waals surface area contributed by atoms with Crippen LogP contribution in [0.5, 0.6) is 11.5 Å². The van der Waals surface area contributed by atoms with Crippen LogP contribution in [0.2, 0.25) is 0 Å². The average Bonchev–Trinajstić information content (AvgIpc) is 3.46. The summed E-state index contributed by atoms with van der Waals surface area (Å²) >= 11 is 0. The molecule has 1 fully saturated rings. The Morgan fingerprint density at radius 2 is 1.64 bits per heavy atom. The Morgan fingerprint density at radius 1 is 0.846 bits per heavy atom. The van der Waals surface area contributed by atoms with E-state index in [2.05, 4.69) is 46.3 Å². The van der Waals surface area contributed by atoms with Crippen LogP contribution >= 0.6 is 0 Å². The molecule has 0 amide bonds. The van der Waals surface area contributed by atoms with Crippen LogP contribution in [0.15, 0.2) is 97.2 Å². The smallest absolute Gasteiger partial charge is 0.128 e. The number of nitrogens with zero attached hydrogens (tertiary/aromatic N) is 1. The average molecular weight is 523 g/mol. The molecule has 6 heteroatoms. The van der Waals surface area contributed by atoms with Crippen molar-refractivity contribution in [3.05, 3.63) is 108 Å². The van der Waals surface area contributed by atoms with Crippen LogP contribution in [-0.2, 0) is 12.2 Å². The number of fused-ring (bicyclic) bond motifs is 2. The lowest BCUT2D eigenvalue weighted by atomic mass is 9.83. The maximum absolute atomic E-state index is 11.5. The highest BCUT2D eigenvalue weighted by atomic mass is 16.5. The molecule has 0 unspecified atom stereocenters. The molecular formula is C33H34N2O4. The van der Waals surface area contributed by atoms with E-state index in [0.29, 0.717) is 39.1 Å². The first kappa shape index (κ1) is 25.4. The molecule has 1 aliphatic rings. The van der Waals surface area contributed by atoms with Crippen LogP contribution in [0.1, 0.15) is 24.0 Å². The van der Waals surface area contributed by atoms with Gasteiger partial charge < -0.3 is 29.6 Å². The van der Waals surface area contributed by atoms with Crippen molar-refractivity contribution in [1.82, 2.24) is 9.88 Å². The fourth-order valence-electron chi connectivity index (χ4n) is 5.46. The third-order valence-corrected chi connectivity index (χ3v) is 7.74. The van der Waals surface area contributed by atoms with Gasteiger partial charge in [-0.1, -0.05) is 54.6 Å². The fourth-order valence-corrected chi connectivity index (χ4v) is 5.46. The van der Waals surface area contributed by atoms with Gasteiger partial charge in [-0.2, -0.15) is 0 Å². The molecule has 0 bridgehead atoms. The number of aliphatic hydroxyl groups excluding tert-OH is 1. The summed E-state index contributed by atoms with van der Waals surface area (Å²) in [6, 6.07) is 30.3. The SMILES string of the molecule is O[C@H](COc1cccc2[nH]ccc12)CN1CCC(O)(c2ccc3cc(OCc4ccccc4)ccc3c2)CC1. The minimum absolute atomic E-state index is 0.229. The van der Waals surface area contributed by atoms with Crippen molar-refractivity contribution in [2.24, 2.45) is 0 Å². The van der Waals surface area contributed by atoms with Crippen molar-refractivity contribution in [3.8, 4) is 11.5 Å². The first-order valence-corrected chi connectivity index (χ1v) is 13.6. The number of H-pyrrole nitrogens is 1. The van der Waals surface area contributed by atoms with Crippen LogP contribution in [-0.4, -0.2) is 52.4 Å². The van der Waals surface area contributed by atoms with Crippen LogP contribution in [0.25, 0.3) is 21.7 Å². The molecule has 0 saturated carbocycles. The molecule has 6 nitrogen and oxygen atoms in total. The number of piperidine rings is 1. The van der Waals surface area contributed by atoms with Crippen molar-refractivity contribution >= 4 is 21.7 Å². The third kappa shape index (κ3) is 5.78. The van der Waals surface area contributed by atoms with E-state index < -0.39 is 11.7 Å².